The van der Waals surface area contributed by atoms with Crippen molar-refractivity contribution in [3.63, 3.8) is 0 Å². The van der Waals surface area contributed by atoms with Crippen molar-refractivity contribution in [2.75, 3.05) is 25.5 Å². The second kappa shape index (κ2) is 8.93. The van der Waals surface area contributed by atoms with E-state index in [0.717, 1.165) is 0 Å². The minimum atomic E-state index is -3.68. The number of nitrogens with zero attached hydrogens (tertiary/aromatic N) is 1. The van der Waals surface area contributed by atoms with Crippen LogP contribution in [0.3, 0.4) is 0 Å². The lowest BCUT2D eigenvalue weighted by molar-refractivity contribution is 0.102. The Kier molecular flexibility index (Phi) is 7.11. The molecule has 6 nitrogen and oxygen atoms in total. The lowest BCUT2D eigenvalue weighted by atomic mass is 10.2. The zero-order valence-corrected chi connectivity index (χ0v) is 17.5. The molecule has 0 saturated heterocycles. The van der Waals surface area contributed by atoms with Gasteiger partial charge in [-0.15, -0.1) is 0 Å². The monoisotopic (exact) mass is 430 g/mol. The Labute approximate surface area is 169 Å². The predicted molar refractivity (Wildman–Crippen MR) is 108 cm³/mol. The number of benzene rings is 2. The quantitative estimate of drug-likeness (QED) is 0.710. The largest absolute Gasteiger partial charge is 0.495 e. The van der Waals surface area contributed by atoms with Gasteiger partial charge in [0.2, 0.25) is 10.0 Å². The fourth-order valence-electron chi connectivity index (χ4n) is 2.54. The molecule has 0 aromatic heterocycles. The first-order valence-electron chi connectivity index (χ1n) is 8.18. The van der Waals surface area contributed by atoms with Gasteiger partial charge in [-0.1, -0.05) is 37.0 Å². The van der Waals surface area contributed by atoms with Crippen LogP contribution >= 0.6 is 23.2 Å². The molecule has 2 aromatic rings. The van der Waals surface area contributed by atoms with Crippen molar-refractivity contribution in [3.05, 3.63) is 52.0 Å². The zero-order chi connectivity index (χ0) is 20.2. The molecular formula is C18H20Cl2N2O4S. The molecule has 0 heterocycles. The van der Waals surface area contributed by atoms with Crippen LogP contribution in [0.4, 0.5) is 5.69 Å². The van der Waals surface area contributed by atoms with Crippen LogP contribution in [0.2, 0.25) is 10.0 Å². The highest BCUT2D eigenvalue weighted by atomic mass is 35.5. The molecule has 0 fully saturated rings. The first-order chi connectivity index (χ1) is 12.7. The van der Waals surface area contributed by atoms with E-state index in [1.165, 1.54) is 47.8 Å². The maximum atomic E-state index is 12.7. The van der Waals surface area contributed by atoms with Crippen LogP contribution in [0, 0.1) is 0 Å². The number of rotatable bonds is 7. The molecule has 0 unspecified atom stereocenters. The maximum absolute atomic E-state index is 12.7. The number of carbonyl (C=O) groups excluding carboxylic acids is 1. The van der Waals surface area contributed by atoms with Crippen LogP contribution < -0.4 is 10.1 Å². The number of methoxy groups -OCH3 is 1. The fourth-order valence-corrected chi connectivity index (χ4v) is 4.55. The van der Waals surface area contributed by atoms with Gasteiger partial charge < -0.3 is 10.1 Å². The van der Waals surface area contributed by atoms with Crippen molar-refractivity contribution in [3.8, 4) is 5.75 Å². The molecular weight excluding hydrogens is 411 g/mol. The molecule has 0 aliphatic heterocycles. The lowest BCUT2D eigenvalue weighted by Crippen LogP contribution is -2.30. The van der Waals surface area contributed by atoms with Crippen molar-refractivity contribution in [2.24, 2.45) is 0 Å². The smallest absolute Gasteiger partial charge is 0.255 e. The van der Waals surface area contributed by atoms with Crippen molar-refractivity contribution >= 4 is 44.8 Å². The Morgan fingerprint density at radius 1 is 1.07 bits per heavy atom. The number of amides is 1. The van der Waals surface area contributed by atoms with E-state index < -0.39 is 15.9 Å². The Balaban J connectivity index is 2.42. The summed E-state index contributed by atoms with van der Waals surface area (Å²) in [5.41, 5.74) is 0.471. The van der Waals surface area contributed by atoms with E-state index >= 15 is 0 Å². The summed E-state index contributed by atoms with van der Waals surface area (Å²) in [7, 11) is -2.25. The third kappa shape index (κ3) is 4.93. The van der Waals surface area contributed by atoms with Crippen LogP contribution in [0.1, 0.15) is 24.2 Å². The minimum Gasteiger partial charge on any atom is -0.495 e. The van der Waals surface area contributed by atoms with Crippen LogP contribution in [-0.4, -0.2) is 38.8 Å². The van der Waals surface area contributed by atoms with Gasteiger partial charge in [-0.25, -0.2) is 8.42 Å². The first-order valence-corrected chi connectivity index (χ1v) is 10.4. The van der Waals surface area contributed by atoms with E-state index in [-0.39, 0.29) is 16.1 Å². The normalized spacial score (nSPS) is 11.5. The number of hydrogen-bond donors (Lipinski definition) is 1. The lowest BCUT2D eigenvalue weighted by Gasteiger charge is -2.19. The summed E-state index contributed by atoms with van der Waals surface area (Å²) in [6.07, 6.45) is 0. The highest BCUT2D eigenvalue weighted by Crippen LogP contribution is 2.30. The van der Waals surface area contributed by atoms with E-state index in [2.05, 4.69) is 5.32 Å². The molecule has 2 rings (SSSR count). The number of carbonyl (C=O) groups is 1. The predicted octanol–water partition coefficient (Wildman–Crippen LogP) is 4.28. The molecule has 0 spiro atoms. The molecule has 0 atom stereocenters. The Morgan fingerprint density at radius 3 is 2.19 bits per heavy atom. The summed E-state index contributed by atoms with van der Waals surface area (Å²) in [5, 5.41) is 3.29. The zero-order valence-electron chi connectivity index (χ0n) is 15.1. The van der Waals surface area contributed by atoms with Gasteiger partial charge in [-0.05, 0) is 36.4 Å². The van der Waals surface area contributed by atoms with Crippen LogP contribution in [-0.2, 0) is 10.0 Å². The molecule has 0 aliphatic rings. The van der Waals surface area contributed by atoms with Crippen molar-refractivity contribution < 1.29 is 17.9 Å². The highest BCUT2D eigenvalue weighted by molar-refractivity contribution is 7.89. The maximum Gasteiger partial charge on any atom is 0.255 e. The minimum absolute atomic E-state index is 0.0615. The van der Waals surface area contributed by atoms with Crippen molar-refractivity contribution in [1.29, 1.82) is 0 Å². The second-order valence-electron chi connectivity index (χ2n) is 5.56. The van der Waals surface area contributed by atoms with Crippen LogP contribution in [0.15, 0.2) is 41.3 Å². The summed E-state index contributed by atoms with van der Waals surface area (Å²) in [4.78, 5) is 12.6. The van der Waals surface area contributed by atoms with Crippen LogP contribution in [0.25, 0.3) is 0 Å². The van der Waals surface area contributed by atoms with E-state index in [1.807, 2.05) is 0 Å². The molecule has 9 heteroatoms. The molecule has 1 N–H and O–H groups in total. The third-order valence-electron chi connectivity index (χ3n) is 3.89. The Hall–Kier alpha value is -1.80. The molecule has 27 heavy (non-hydrogen) atoms. The molecule has 0 radical (unpaired) electrons. The summed E-state index contributed by atoms with van der Waals surface area (Å²) in [6, 6.07) is 8.75. The van der Waals surface area contributed by atoms with Gasteiger partial charge in [-0.2, -0.15) is 4.31 Å². The molecule has 0 bridgehead atoms. The number of halogens is 2. The average Bonchev–Trinajstić information content (AvgIpc) is 2.61. The van der Waals surface area contributed by atoms with Gasteiger partial charge in [0.25, 0.3) is 5.91 Å². The third-order valence-corrected chi connectivity index (χ3v) is 6.37. The molecule has 0 aliphatic carbocycles. The van der Waals surface area contributed by atoms with Gasteiger partial charge >= 0.3 is 0 Å². The number of hydrogen-bond acceptors (Lipinski definition) is 4. The van der Waals surface area contributed by atoms with Crippen LogP contribution in [0.5, 0.6) is 5.75 Å². The SMILES string of the molecule is CCN(CC)S(=O)(=O)c1ccc(OC)c(NC(=O)c2cc(Cl)cc(Cl)c2)c1. The number of sulfonamides is 1. The number of nitrogens with one attached hydrogen (secondary N) is 1. The van der Waals surface area contributed by atoms with Gasteiger partial charge in [0, 0.05) is 28.7 Å². The molecule has 2 aromatic carbocycles. The van der Waals surface area contributed by atoms with Gasteiger partial charge in [0.15, 0.2) is 0 Å². The highest BCUT2D eigenvalue weighted by Gasteiger charge is 2.23. The number of ether oxygens (including phenoxy) is 1. The van der Waals surface area contributed by atoms with Gasteiger partial charge in [-0.3, -0.25) is 4.79 Å². The van der Waals surface area contributed by atoms with E-state index in [1.54, 1.807) is 13.8 Å². The molecule has 0 saturated carbocycles. The van der Waals surface area contributed by atoms with E-state index in [0.29, 0.717) is 28.9 Å². The fraction of sp³-hybridized carbons (Fsp3) is 0.278. The van der Waals surface area contributed by atoms with Crippen molar-refractivity contribution in [1.82, 2.24) is 4.31 Å². The molecule has 146 valence electrons. The average molecular weight is 431 g/mol. The van der Waals surface area contributed by atoms with Gasteiger partial charge in [0.05, 0.1) is 17.7 Å². The van der Waals surface area contributed by atoms with E-state index in [4.69, 9.17) is 27.9 Å². The summed E-state index contributed by atoms with van der Waals surface area (Å²) in [6.45, 7) is 4.20. The second-order valence-corrected chi connectivity index (χ2v) is 8.37. The standard InChI is InChI=1S/C18H20Cl2N2O4S/c1-4-22(5-2)27(24,25)15-6-7-17(26-3)16(11-15)21-18(23)12-8-13(19)10-14(20)9-12/h6-11H,4-5H2,1-3H3,(H,21,23). The number of anilines is 1. The molecule has 1 amide bonds. The van der Waals surface area contributed by atoms with Crippen molar-refractivity contribution in [2.45, 2.75) is 18.7 Å². The first kappa shape index (κ1) is 21.5. The topological polar surface area (TPSA) is 75.7 Å². The Bertz CT molecular complexity index is 924. The summed E-state index contributed by atoms with van der Waals surface area (Å²) >= 11 is 11.9. The summed E-state index contributed by atoms with van der Waals surface area (Å²) in [5.74, 6) is -0.162. The van der Waals surface area contributed by atoms with Gasteiger partial charge in [0.1, 0.15) is 5.75 Å². The Morgan fingerprint density at radius 2 is 1.67 bits per heavy atom. The summed E-state index contributed by atoms with van der Waals surface area (Å²) < 4.78 is 32.0. The van der Waals surface area contributed by atoms with E-state index in [9.17, 15) is 13.2 Å².